The zero-order valence-electron chi connectivity index (χ0n) is 14.7. The van der Waals surface area contributed by atoms with Gasteiger partial charge in [-0.25, -0.2) is 9.78 Å². The normalized spacial score (nSPS) is 18.7. The molecule has 2 aliphatic heterocycles. The van der Waals surface area contributed by atoms with E-state index in [4.69, 9.17) is 0 Å². The molecule has 2 saturated heterocycles. The van der Waals surface area contributed by atoms with E-state index in [2.05, 4.69) is 15.3 Å². The van der Waals surface area contributed by atoms with Crippen LogP contribution in [0.1, 0.15) is 28.9 Å². The number of rotatable bonds is 3. The highest BCUT2D eigenvalue weighted by Crippen LogP contribution is 2.30. The van der Waals surface area contributed by atoms with E-state index < -0.39 is 5.54 Å². The Morgan fingerprint density at radius 3 is 2.52 bits per heavy atom. The van der Waals surface area contributed by atoms with Crippen molar-refractivity contribution in [3.63, 3.8) is 0 Å². The maximum absolute atomic E-state index is 13.0. The lowest BCUT2D eigenvalue weighted by atomic mass is 9.87. The molecule has 2 aliphatic rings. The van der Waals surface area contributed by atoms with E-state index >= 15 is 0 Å². The van der Waals surface area contributed by atoms with Crippen molar-refractivity contribution in [2.24, 2.45) is 0 Å². The number of aromatic nitrogens is 2. The molecular weight excluding hydrogens is 346 g/mol. The topological polar surface area (TPSA) is 95.5 Å². The Morgan fingerprint density at radius 1 is 1.11 bits per heavy atom. The first-order valence-corrected chi connectivity index (χ1v) is 8.82. The zero-order chi connectivity index (χ0) is 18.9. The van der Waals surface area contributed by atoms with Gasteiger partial charge in [0.05, 0.1) is 12.7 Å². The van der Waals surface area contributed by atoms with Crippen LogP contribution < -0.4 is 5.32 Å². The van der Waals surface area contributed by atoms with Gasteiger partial charge >= 0.3 is 6.03 Å². The molecule has 1 N–H and O–H groups in total. The number of nitrogens with one attached hydrogen (secondary N) is 1. The van der Waals surface area contributed by atoms with Crippen LogP contribution in [-0.4, -0.2) is 56.2 Å². The SMILES string of the molecule is O=C(c1cnccn1)N1CCC2(CC1)NC(=O)N(Cc1ccccc1)C2=O. The molecule has 1 aromatic heterocycles. The molecule has 0 bridgehead atoms. The Labute approximate surface area is 156 Å². The highest BCUT2D eigenvalue weighted by Gasteiger charge is 2.52. The van der Waals surface area contributed by atoms with Crippen LogP contribution in [0, 0.1) is 0 Å². The summed E-state index contributed by atoms with van der Waals surface area (Å²) in [5.41, 5.74) is 0.250. The minimum atomic E-state index is -0.926. The van der Waals surface area contributed by atoms with Crippen LogP contribution in [-0.2, 0) is 11.3 Å². The quantitative estimate of drug-likeness (QED) is 0.825. The molecule has 0 saturated carbocycles. The summed E-state index contributed by atoms with van der Waals surface area (Å²) < 4.78 is 0. The van der Waals surface area contributed by atoms with Crippen molar-refractivity contribution >= 4 is 17.8 Å². The summed E-state index contributed by atoms with van der Waals surface area (Å²) in [6.45, 7) is 0.997. The van der Waals surface area contributed by atoms with Gasteiger partial charge in [0.2, 0.25) is 0 Å². The largest absolute Gasteiger partial charge is 0.337 e. The Balaban J connectivity index is 1.44. The van der Waals surface area contributed by atoms with Crippen molar-refractivity contribution in [3.8, 4) is 0 Å². The lowest BCUT2D eigenvalue weighted by Gasteiger charge is -2.37. The fraction of sp³-hybridized carbons (Fsp3) is 0.316. The first-order valence-electron chi connectivity index (χ1n) is 8.82. The summed E-state index contributed by atoms with van der Waals surface area (Å²) in [6, 6.07) is 9.03. The molecule has 2 aromatic rings. The molecule has 0 atom stereocenters. The standard InChI is InChI=1S/C19H19N5O3/c25-16(15-12-20-8-9-21-15)23-10-6-19(7-11-23)17(26)24(18(27)22-19)13-14-4-2-1-3-5-14/h1-5,8-9,12H,6-7,10-11,13H2,(H,22,27). The zero-order valence-corrected chi connectivity index (χ0v) is 14.7. The number of likely N-dealkylation sites (tertiary alicyclic amines) is 1. The van der Waals surface area contributed by atoms with Gasteiger partial charge < -0.3 is 10.2 Å². The molecule has 0 aliphatic carbocycles. The van der Waals surface area contributed by atoms with Gasteiger partial charge in [0.25, 0.3) is 11.8 Å². The fourth-order valence-electron chi connectivity index (χ4n) is 3.59. The minimum Gasteiger partial charge on any atom is -0.337 e. The van der Waals surface area contributed by atoms with E-state index in [1.165, 1.54) is 23.5 Å². The summed E-state index contributed by atoms with van der Waals surface area (Å²) in [6.07, 6.45) is 5.18. The molecule has 27 heavy (non-hydrogen) atoms. The second-order valence-corrected chi connectivity index (χ2v) is 6.77. The second-order valence-electron chi connectivity index (χ2n) is 6.77. The van der Waals surface area contributed by atoms with E-state index in [0.29, 0.717) is 25.9 Å². The molecule has 1 aromatic carbocycles. The van der Waals surface area contributed by atoms with Crippen LogP contribution in [0.3, 0.4) is 0 Å². The first kappa shape index (κ1) is 17.1. The predicted octanol–water partition coefficient (Wildman–Crippen LogP) is 1.20. The van der Waals surface area contributed by atoms with Crippen molar-refractivity contribution in [1.82, 2.24) is 25.1 Å². The molecule has 2 fully saturated rings. The summed E-state index contributed by atoms with van der Waals surface area (Å²) in [7, 11) is 0. The number of benzene rings is 1. The van der Waals surface area contributed by atoms with Crippen molar-refractivity contribution in [2.75, 3.05) is 13.1 Å². The third-order valence-corrected chi connectivity index (χ3v) is 5.12. The van der Waals surface area contributed by atoms with Crippen molar-refractivity contribution in [3.05, 3.63) is 60.2 Å². The van der Waals surface area contributed by atoms with Gasteiger partial charge in [-0.3, -0.25) is 19.5 Å². The summed E-state index contributed by atoms with van der Waals surface area (Å²) in [4.78, 5) is 48.7. The van der Waals surface area contributed by atoms with E-state index in [-0.39, 0.29) is 30.1 Å². The monoisotopic (exact) mass is 365 g/mol. The van der Waals surface area contributed by atoms with E-state index in [9.17, 15) is 14.4 Å². The third-order valence-electron chi connectivity index (χ3n) is 5.12. The van der Waals surface area contributed by atoms with Gasteiger partial charge in [0.1, 0.15) is 11.2 Å². The number of carbonyl (C=O) groups is 3. The number of piperidine rings is 1. The van der Waals surface area contributed by atoms with Crippen LogP contribution >= 0.6 is 0 Å². The lowest BCUT2D eigenvalue weighted by Crippen LogP contribution is -2.55. The van der Waals surface area contributed by atoms with Crippen LogP contribution in [0.15, 0.2) is 48.9 Å². The van der Waals surface area contributed by atoms with Gasteiger partial charge in [0, 0.05) is 25.5 Å². The van der Waals surface area contributed by atoms with Crippen molar-refractivity contribution < 1.29 is 14.4 Å². The third kappa shape index (κ3) is 3.14. The fourth-order valence-corrected chi connectivity index (χ4v) is 3.59. The molecule has 138 valence electrons. The Hall–Kier alpha value is -3.29. The van der Waals surface area contributed by atoms with Gasteiger partial charge in [0.15, 0.2) is 0 Å². The molecule has 8 nitrogen and oxygen atoms in total. The van der Waals surface area contributed by atoms with Crippen molar-refractivity contribution in [2.45, 2.75) is 24.9 Å². The number of nitrogens with zero attached hydrogens (tertiary/aromatic N) is 4. The Kier molecular flexibility index (Phi) is 4.31. The van der Waals surface area contributed by atoms with E-state index in [1.54, 1.807) is 4.90 Å². The van der Waals surface area contributed by atoms with Gasteiger partial charge in [-0.15, -0.1) is 0 Å². The molecule has 4 rings (SSSR count). The van der Waals surface area contributed by atoms with E-state index in [1.807, 2.05) is 30.3 Å². The number of imide groups is 1. The van der Waals surface area contributed by atoms with Crippen LogP contribution in [0.25, 0.3) is 0 Å². The number of hydrogen-bond acceptors (Lipinski definition) is 5. The summed E-state index contributed by atoms with van der Waals surface area (Å²) in [5, 5.41) is 2.86. The number of urea groups is 1. The molecule has 1 spiro atoms. The van der Waals surface area contributed by atoms with E-state index in [0.717, 1.165) is 5.56 Å². The van der Waals surface area contributed by atoms with Gasteiger partial charge in [-0.2, -0.15) is 0 Å². The maximum atomic E-state index is 13.0. The highest BCUT2D eigenvalue weighted by atomic mass is 16.2. The highest BCUT2D eigenvalue weighted by molar-refractivity contribution is 6.07. The van der Waals surface area contributed by atoms with Crippen LogP contribution in [0.5, 0.6) is 0 Å². The molecule has 4 amide bonds. The summed E-state index contributed by atoms with van der Waals surface area (Å²) in [5.74, 6) is -0.432. The lowest BCUT2D eigenvalue weighted by molar-refractivity contribution is -0.133. The number of amides is 4. The van der Waals surface area contributed by atoms with Crippen LogP contribution in [0.2, 0.25) is 0 Å². The maximum Gasteiger partial charge on any atom is 0.325 e. The molecule has 8 heteroatoms. The average Bonchev–Trinajstić information content (AvgIpc) is 2.94. The average molecular weight is 365 g/mol. The summed E-state index contributed by atoms with van der Waals surface area (Å²) >= 11 is 0. The van der Waals surface area contributed by atoms with Gasteiger partial charge in [-0.1, -0.05) is 30.3 Å². The molecule has 0 unspecified atom stereocenters. The number of hydrogen-bond donors (Lipinski definition) is 1. The number of carbonyl (C=O) groups excluding carboxylic acids is 3. The Morgan fingerprint density at radius 2 is 1.85 bits per heavy atom. The molecule has 0 radical (unpaired) electrons. The smallest absolute Gasteiger partial charge is 0.325 e. The Bertz CT molecular complexity index is 863. The molecular formula is C19H19N5O3. The van der Waals surface area contributed by atoms with Gasteiger partial charge in [-0.05, 0) is 18.4 Å². The first-order chi connectivity index (χ1) is 13.1. The predicted molar refractivity (Wildman–Crippen MR) is 95.4 cm³/mol. The second kappa shape index (κ2) is 6.79. The minimum absolute atomic E-state index is 0.212. The molecule has 3 heterocycles. The van der Waals surface area contributed by atoms with Crippen molar-refractivity contribution in [1.29, 1.82) is 0 Å². The van der Waals surface area contributed by atoms with Crippen LogP contribution in [0.4, 0.5) is 4.79 Å².